The molecule has 17 heteroatoms. The molecule has 0 bridgehead atoms. The van der Waals surface area contributed by atoms with Crippen molar-refractivity contribution in [2.45, 2.75) is 0 Å². The lowest BCUT2D eigenvalue weighted by Crippen LogP contribution is -2.27. The molecule has 0 radical (unpaired) electrons. The summed E-state index contributed by atoms with van der Waals surface area (Å²) in [5.41, 5.74) is 1.46. The van der Waals surface area contributed by atoms with E-state index in [-0.39, 0.29) is 33.0 Å². The summed E-state index contributed by atoms with van der Waals surface area (Å²) < 4.78 is 21.7. The van der Waals surface area contributed by atoms with E-state index < -0.39 is 23.0 Å². The van der Waals surface area contributed by atoms with Gasteiger partial charge in [0.05, 0.1) is 36.1 Å². The molecule has 4 N–H and O–H groups in total. The maximum Gasteiger partial charge on any atom is 0.407 e. The number of aliphatic hydroxyl groups is 2. The van der Waals surface area contributed by atoms with Crippen LogP contribution in [0.1, 0.15) is 0 Å². The van der Waals surface area contributed by atoms with E-state index in [0.29, 0.717) is 49.2 Å². The number of aliphatic imine (C=N–C) groups is 2. The molecule has 2 amide bonds. The van der Waals surface area contributed by atoms with Gasteiger partial charge in [-0.05, 0) is 0 Å². The Morgan fingerprint density at radius 1 is 0.784 bits per heavy atom. The Morgan fingerprint density at radius 3 is 2.03 bits per heavy atom. The first kappa shape index (κ1) is 35.8. The van der Waals surface area contributed by atoms with Crippen LogP contribution in [-0.2, 0) is 30.0 Å². The molecule has 0 aromatic rings. The summed E-state index contributed by atoms with van der Waals surface area (Å²) in [7, 11) is -1.13. The average Bonchev–Trinajstić information content (AvgIpc) is 2.89. The first-order chi connectivity index (χ1) is 18.1. The van der Waals surface area contributed by atoms with Crippen LogP contribution in [0.3, 0.4) is 0 Å². The molecule has 0 aromatic heterocycles. The van der Waals surface area contributed by atoms with E-state index in [2.05, 4.69) is 35.1 Å². The van der Waals surface area contributed by atoms with E-state index >= 15 is 0 Å². The van der Waals surface area contributed by atoms with E-state index in [1.54, 1.807) is 35.3 Å². The molecule has 0 aliphatic heterocycles. The van der Waals surface area contributed by atoms with Gasteiger partial charge in [-0.25, -0.2) is 9.59 Å². The summed E-state index contributed by atoms with van der Waals surface area (Å²) in [4.78, 5) is 40.0. The SMILES string of the molecule is O=C(NCCSCCN=CS(=O)CCSCCOC(=O)NCCSCCN=COOCCO)OCCO. The van der Waals surface area contributed by atoms with Crippen LogP contribution in [0.2, 0.25) is 0 Å². The third kappa shape index (κ3) is 29.2. The Morgan fingerprint density at radius 2 is 1.38 bits per heavy atom. The van der Waals surface area contributed by atoms with Crippen LogP contribution < -0.4 is 10.6 Å². The Balaban J connectivity index is 3.42. The molecule has 0 heterocycles. The minimum Gasteiger partial charge on any atom is -0.449 e. The minimum atomic E-state index is -1.13. The number of rotatable bonds is 25. The first-order valence-electron chi connectivity index (χ1n) is 11.5. The standard InChI is InChI=1S/C20H38N4O9S4/c25-5-7-30-19(27)23-3-13-35-11-2-22-18-37(29)16-15-36-14-9-31-20(28)24-4-12-34-10-1-21-17-33-32-8-6-26/h17-18,25-26H,1-16H2,(H,23,27)(H,24,28). The number of carbonyl (C=O) groups is 2. The van der Waals surface area contributed by atoms with E-state index in [4.69, 9.17) is 14.9 Å². The number of hydrogen-bond donors (Lipinski definition) is 4. The lowest BCUT2D eigenvalue weighted by molar-refractivity contribution is -0.221. The maximum atomic E-state index is 11.9. The van der Waals surface area contributed by atoms with Crippen LogP contribution in [0.15, 0.2) is 9.98 Å². The van der Waals surface area contributed by atoms with Gasteiger partial charge in [0.25, 0.3) is 0 Å². The molecule has 0 saturated heterocycles. The third-order valence-electron chi connectivity index (χ3n) is 3.53. The van der Waals surface area contributed by atoms with Gasteiger partial charge >= 0.3 is 12.2 Å². The van der Waals surface area contributed by atoms with Gasteiger partial charge in [0, 0.05) is 59.9 Å². The molecular formula is C20H38N4O9S4. The van der Waals surface area contributed by atoms with Crippen molar-refractivity contribution in [1.82, 2.24) is 10.6 Å². The largest absolute Gasteiger partial charge is 0.449 e. The smallest absolute Gasteiger partial charge is 0.407 e. The van der Waals surface area contributed by atoms with Crippen LogP contribution in [-0.4, -0.2) is 138 Å². The highest BCUT2D eigenvalue weighted by molar-refractivity contribution is 8.02. The molecular weight excluding hydrogens is 569 g/mol. The highest BCUT2D eigenvalue weighted by Gasteiger charge is 2.02. The molecule has 0 aromatic carbocycles. The van der Waals surface area contributed by atoms with Crippen LogP contribution >= 0.6 is 35.3 Å². The molecule has 1 unspecified atom stereocenters. The van der Waals surface area contributed by atoms with Gasteiger partial charge in [-0.2, -0.15) is 40.2 Å². The fourth-order valence-electron chi connectivity index (χ4n) is 1.95. The summed E-state index contributed by atoms with van der Waals surface area (Å²) in [6.45, 7) is 2.09. The lowest BCUT2D eigenvalue weighted by atomic mass is 10.7. The van der Waals surface area contributed by atoms with Gasteiger partial charge in [0.2, 0.25) is 6.40 Å². The van der Waals surface area contributed by atoms with Crippen molar-refractivity contribution >= 4 is 70.2 Å². The first-order valence-corrected chi connectivity index (χ1v) is 16.3. The quantitative estimate of drug-likeness (QED) is 0.0370. The number of thioether (sulfide) groups is 3. The van der Waals surface area contributed by atoms with Gasteiger partial charge in [0.1, 0.15) is 19.8 Å². The van der Waals surface area contributed by atoms with Gasteiger partial charge < -0.3 is 35.2 Å². The topological polar surface area (TPSA) is 177 Å². The number of carbonyl (C=O) groups excluding carboxylic acids is 2. The van der Waals surface area contributed by atoms with Gasteiger partial charge in [-0.1, -0.05) is 0 Å². The van der Waals surface area contributed by atoms with Crippen molar-refractivity contribution in [2.75, 3.05) is 99.5 Å². The normalized spacial score (nSPS) is 12.1. The molecule has 1 atom stereocenters. The van der Waals surface area contributed by atoms with Crippen LogP contribution in [0.4, 0.5) is 9.59 Å². The van der Waals surface area contributed by atoms with Gasteiger partial charge in [0.15, 0.2) is 0 Å². The minimum absolute atomic E-state index is 0.0185. The fourth-order valence-corrected chi connectivity index (χ4v) is 5.23. The highest BCUT2D eigenvalue weighted by atomic mass is 32.2. The Bertz CT molecular complexity index is 649. The van der Waals surface area contributed by atoms with Gasteiger partial charge in [-0.3, -0.25) is 14.2 Å². The molecule has 216 valence electrons. The second kappa shape index (κ2) is 29.3. The third-order valence-corrected chi connectivity index (χ3v) is 7.65. The molecule has 0 spiro atoms. The highest BCUT2D eigenvalue weighted by Crippen LogP contribution is 2.01. The molecule has 37 heavy (non-hydrogen) atoms. The van der Waals surface area contributed by atoms with Crippen molar-refractivity contribution in [3.8, 4) is 0 Å². The second-order valence-electron chi connectivity index (χ2n) is 6.44. The Hall–Kier alpha value is -1.24. The maximum absolute atomic E-state index is 11.9. The van der Waals surface area contributed by atoms with Crippen molar-refractivity contribution < 1.29 is 43.3 Å². The Kier molecular flexibility index (Phi) is 28.3. The number of amides is 2. The molecule has 0 aliphatic rings. The van der Waals surface area contributed by atoms with Crippen molar-refractivity contribution in [3.63, 3.8) is 0 Å². The molecule has 0 aliphatic carbocycles. The number of aliphatic hydroxyl groups excluding tert-OH is 2. The van der Waals surface area contributed by atoms with E-state index in [0.717, 1.165) is 17.3 Å². The Labute approximate surface area is 233 Å². The zero-order valence-corrected chi connectivity index (χ0v) is 24.0. The van der Waals surface area contributed by atoms with E-state index in [1.807, 2.05) is 0 Å². The summed E-state index contributed by atoms with van der Waals surface area (Å²) >= 11 is 4.79. The number of nitrogens with one attached hydrogen (secondary N) is 2. The number of ether oxygens (including phenoxy) is 2. The van der Waals surface area contributed by atoms with E-state index in [9.17, 15) is 13.8 Å². The summed E-state index contributed by atoms with van der Waals surface area (Å²) in [5, 5.41) is 22.3. The number of hydrogen-bond acceptors (Lipinski definition) is 14. The van der Waals surface area contributed by atoms with Crippen molar-refractivity contribution in [1.29, 1.82) is 0 Å². The number of nitrogens with zero attached hydrogens (tertiary/aromatic N) is 2. The van der Waals surface area contributed by atoms with Crippen LogP contribution in [0.5, 0.6) is 0 Å². The summed E-state index contributed by atoms with van der Waals surface area (Å²) in [6.07, 6.45) is 0.180. The monoisotopic (exact) mass is 606 g/mol. The summed E-state index contributed by atoms with van der Waals surface area (Å²) in [5.74, 6) is 4.73. The lowest BCUT2D eigenvalue weighted by Gasteiger charge is -2.06. The van der Waals surface area contributed by atoms with Crippen molar-refractivity contribution in [3.05, 3.63) is 0 Å². The van der Waals surface area contributed by atoms with Crippen LogP contribution in [0.25, 0.3) is 0 Å². The average molecular weight is 607 g/mol. The fraction of sp³-hybridized carbons (Fsp3) is 0.800. The molecule has 0 saturated carbocycles. The molecule has 0 fully saturated rings. The van der Waals surface area contributed by atoms with Crippen LogP contribution in [0, 0.1) is 0 Å². The predicted molar refractivity (Wildman–Crippen MR) is 152 cm³/mol. The number of alkyl carbamates (subject to hydrolysis) is 2. The van der Waals surface area contributed by atoms with E-state index in [1.165, 1.54) is 11.9 Å². The van der Waals surface area contributed by atoms with Crippen molar-refractivity contribution in [2.24, 2.45) is 9.98 Å². The molecule has 13 nitrogen and oxygen atoms in total. The summed E-state index contributed by atoms with van der Waals surface area (Å²) in [6, 6.07) is 0. The zero-order valence-electron chi connectivity index (χ0n) is 20.7. The predicted octanol–water partition coefficient (Wildman–Crippen LogP) is 0.377. The second-order valence-corrected chi connectivity index (χ2v) is 11.5. The molecule has 0 rings (SSSR count). The van der Waals surface area contributed by atoms with Gasteiger partial charge in [-0.15, -0.1) is 0 Å². The zero-order chi connectivity index (χ0) is 27.2.